The van der Waals surface area contributed by atoms with Gasteiger partial charge in [0, 0.05) is 18.8 Å². The summed E-state index contributed by atoms with van der Waals surface area (Å²) >= 11 is 0. The Hall–Kier alpha value is -2.70. The minimum atomic E-state index is -0.616. The normalized spacial score (nSPS) is 17.7. The Labute approximate surface area is 127 Å². The lowest BCUT2D eigenvalue weighted by atomic mass is 10.1. The number of pyridine rings is 1. The predicted octanol–water partition coefficient (Wildman–Crippen LogP) is 1.45. The smallest absolute Gasteiger partial charge is 0.267 e. The molecule has 7 heteroatoms. The number of amides is 2. The van der Waals surface area contributed by atoms with Crippen LogP contribution < -0.4 is 5.73 Å². The largest absolute Gasteiger partial charge is 0.364 e. The van der Waals surface area contributed by atoms with Gasteiger partial charge in [0.2, 0.25) is 0 Å². The molecule has 1 saturated heterocycles. The molecule has 114 valence electrons. The average molecular weight is 300 g/mol. The molecule has 1 atom stereocenters. The maximum Gasteiger partial charge on any atom is 0.267 e. The Morgan fingerprint density at radius 1 is 1.41 bits per heavy atom. The summed E-state index contributed by atoms with van der Waals surface area (Å²) in [6.45, 7) is 2.50. The fourth-order valence-corrected chi connectivity index (χ4v) is 2.68. The summed E-state index contributed by atoms with van der Waals surface area (Å²) in [6.07, 6.45) is 3.12. The van der Waals surface area contributed by atoms with E-state index in [1.807, 2.05) is 13.0 Å². The van der Waals surface area contributed by atoms with Crippen LogP contribution in [-0.4, -0.2) is 33.4 Å². The third-order valence-electron chi connectivity index (χ3n) is 3.75. The molecule has 1 aliphatic rings. The number of primary amides is 1. The van der Waals surface area contributed by atoms with Crippen molar-refractivity contribution in [3.63, 3.8) is 0 Å². The van der Waals surface area contributed by atoms with Gasteiger partial charge in [-0.3, -0.25) is 14.6 Å². The van der Waals surface area contributed by atoms with E-state index in [1.165, 1.54) is 12.3 Å². The van der Waals surface area contributed by atoms with Gasteiger partial charge < -0.3 is 15.2 Å². The molecule has 1 aliphatic heterocycles. The monoisotopic (exact) mass is 300 g/mol. The predicted molar refractivity (Wildman–Crippen MR) is 77.0 cm³/mol. The first-order valence-corrected chi connectivity index (χ1v) is 7.06. The molecule has 2 N–H and O–H groups in total. The molecule has 0 spiro atoms. The number of carbonyl (C=O) groups excluding carboxylic acids is 2. The maximum atomic E-state index is 12.6. The molecule has 0 bridgehead atoms. The van der Waals surface area contributed by atoms with Gasteiger partial charge in [-0.2, -0.15) is 0 Å². The molecule has 22 heavy (non-hydrogen) atoms. The van der Waals surface area contributed by atoms with E-state index in [4.69, 9.17) is 10.3 Å². The van der Waals surface area contributed by atoms with Gasteiger partial charge in [-0.15, -0.1) is 0 Å². The number of carbonyl (C=O) groups is 2. The van der Waals surface area contributed by atoms with Crippen molar-refractivity contribution in [2.75, 3.05) is 6.54 Å². The van der Waals surface area contributed by atoms with Gasteiger partial charge in [0.05, 0.1) is 17.3 Å². The summed E-state index contributed by atoms with van der Waals surface area (Å²) in [5.74, 6) is -0.0553. The number of aryl methyl sites for hydroxylation is 1. The maximum absolute atomic E-state index is 12.6. The van der Waals surface area contributed by atoms with Crippen LogP contribution in [0.15, 0.2) is 28.9 Å². The fourth-order valence-electron chi connectivity index (χ4n) is 2.68. The quantitative estimate of drug-likeness (QED) is 0.924. The van der Waals surface area contributed by atoms with Crippen molar-refractivity contribution in [1.82, 2.24) is 15.0 Å². The number of nitrogens with zero attached hydrogens (tertiary/aromatic N) is 3. The second-order valence-electron chi connectivity index (χ2n) is 5.32. The topological polar surface area (TPSA) is 102 Å². The minimum Gasteiger partial charge on any atom is -0.364 e. The van der Waals surface area contributed by atoms with Crippen molar-refractivity contribution in [2.24, 2.45) is 5.73 Å². The first-order chi connectivity index (χ1) is 10.6. The zero-order chi connectivity index (χ0) is 15.7. The van der Waals surface area contributed by atoms with Crippen LogP contribution in [0.1, 0.15) is 51.2 Å². The van der Waals surface area contributed by atoms with Crippen molar-refractivity contribution in [3.8, 4) is 0 Å². The highest BCUT2D eigenvalue weighted by molar-refractivity contribution is 5.96. The highest BCUT2D eigenvalue weighted by Crippen LogP contribution is 2.33. The van der Waals surface area contributed by atoms with E-state index in [9.17, 15) is 9.59 Å². The number of hydrogen-bond donors (Lipinski definition) is 1. The Morgan fingerprint density at radius 3 is 2.82 bits per heavy atom. The molecule has 2 aromatic heterocycles. The minimum absolute atomic E-state index is 0.107. The van der Waals surface area contributed by atoms with E-state index in [2.05, 4.69) is 10.1 Å². The summed E-state index contributed by atoms with van der Waals surface area (Å²) in [4.78, 5) is 29.3. The van der Waals surface area contributed by atoms with Gasteiger partial charge in [0.25, 0.3) is 11.8 Å². The van der Waals surface area contributed by atoms with Crippen molar-refractivity contribution in [1.29, 1.82) is 0 Å². The molecule has 2 amide bonds. The first-order valence-electron chi connectivity index (χ1n) is 7.06. The molecule has 1 fully saturated rings. The lowest BCUT2D eigenvalue weighted by molar-refractivity contribution is 0.0713. The van der Waals surface area contributed by atoms with E-state index in [0.29, 0.717) is 17.9 Å². The number of hydrogen-bond acceptors (Lipinski definition) is 5. The summed E-state index contributed by atoms with van der Waals surface area (Å²) in [7, 11) is 0. The summed E-state index contributed by atoms with van der Waals surface area (Å²) in [5, 5.41) is 3.88. The van der Waals surface area contributed by atoms with Crippen LogP contribution in [0.3, 0.4) is 0 Å². The van der Waals surface area contributed by atoms with Gasteiger partial charge >= 0.3 is 0 Å². The van der Waals surface area contributed by atoms with Gasteiger partial charge in [0.15, 0.2) is 5.76 Å². The second-order valence-corrected chi connectivity index (χ2v) is 5.32. The average Bonchev–Trinajstić information content (AvgIpc) is 3.15. The van der Waals surface area contributed by atoms with Crippen LogP contribution in [0.25, 0.3) is 0 Å². The van der Waals surface area contributed by atoms with E-state index >= 15 is 0 Å². The van der Waals surface area contributed by atoms with Gasteiger partial charge in [-0.1, -0.05) is 5.16 Å². The SMILES string of the molecule is Cc1cc(C2CCCN2C(=O)c2ccc(C(N)=O)nc2)on1. The summed E-state index contributed by atoms with van der Waals surface area (Å²) < 4.78 is 5.29. The Balaban J connectivity index is 1.82. The van der Waals surface area contributed by atoms with Crippen molar-refractivity contribution >= 4 is 11.8 Å². The third kappa shape index (κ3) is 2.57. The molecule has 3 heterocycles. The van der Waals surface area contributed by atoms with Crippen LogP contribution >= 0.6 is 0 Å². The lowest BCUT2D eigenvalue weighted by Gasteiger charge is -2.22. The molecule has 0 aromatic carbocycles. The summed E-state index contributed by atoms with van der Waals surface area (Å²) in [5.41, 5.74) is 6.50. The molecule has 3 rings (SSSR count). The van der Waals surface area contributed by atoms with E-state index < -0.39 is 5.91 Å². The molecular formula is C15H16N4O3. The molecule has 0 aliphatic carbocycles. The Kier molecular flexibility index (Phi) is 3.62. The van der Waals surface area contributed by atoms with Crippen molar-refractivity contribution in [2.45, 2.75) is 25.8 Å². The fraction of sp³-hybridized carbons (Fsp3) is 0.333. The second kappa shape index (κ2) is 5.59. The van der Waals surface area contributed by atoms with Gasteiger partial charge in [-0.25, -0.2) is 0 Å². The molecule has 2 aromatic rings. The highest BCUT2D eigenvalue weighted by Gasteiger charge is 2.33. The zero-order valence-electron chi connectivity index (χ0n) is 12.2. The number of aromatic nitrogens is 2. The van der Waals surface area contributed by atoms with E-state index in [0.717, 1.165) is 18.5 Å². The van der Waals surface area contributed by atoms with Gasteiger partial charge in [0.1, 0.15) is 5.69 Å². The number of likely N-dealkylation sites (tertiary alicyclic amines) is 1. The zero-order valence-corrected chi connectivity index (χ0v) is 12.2. The first kappa shape index (κ1) is 14.2. The number of nitrogens with two attached hydrogens (primary N) is 1. The summed E-state index contributed by atoms with van der Waals surface area (Å²) in [6, 6.07) is 4.77. The van der Waals surface area contributed by atoms with Crippen LogP contribution in [0.5, 0.6) is 0 Å². The van der Waals surface area contributed by atoms with E-state index in [1.54, 1.807) is 11.0 Å². The van der Waals surface area contributed by atoms with Gasteiger partial charge in [-0.05, 0) is 31.9 Å². The van der Waals surface area contributed by atoms with Crippen LogP contribution in [0.4, 0.5) is 0 Å². The molecular weight excluding hydrogens is 284 g/mol. The third-order valence-corrected chi connectivity index (χ3v) is 3.75. The van der Waals surface area contributed by atoms with Crippen LogP contribution in [0, 0.1) is 6.92 Å². The van der Waals surface area contributed by atoms with Crippen LogP contribution in [-0.2, 0) is 0 Å². The van der Waals surface area contributed by atoms with Crippen molar-refractivity contribution < 1.29 is 14.1 Å². The highest BCUT2D eigenvalue weighted by atomic mass is 16.5. The number of rotatable bonds is 3. The van der Waals surface area contributed by atoms with E-state index in [-0.39, 0.29) is 17.6 Å². The molecule has 0 saturated carbocycles. The molecule has 1 unspecified atom stereocenters. The molecule has 7 nitrogen and oxygen atoms in total. The Morgan fingerprint density at radius 2 is 2.23 bits per heavy atom. The van der Waals surface area contributed by atoms with Crippen molar-refractivity contribution in [3.05, 3.63) is 47.1 Å². The standard InChI is InChI=1S/C15H16N4O3/c1-9-7-13(22-18-9)12-3-2-6-19(12)15(21)10-4-5-11(14(16)20)17-8-10/h4-5,7-8,12H,2-3,6H2,1H3,(H2,16,20). The lowest BCUT2D eigenvalue weighted by Crippen LogP contribution is -2.30. The Bertz CT molecular complexity index is 708. The van der Waals surface area contributed by atoms with Crippen LogP contribution in [0.2, 0.25) is 0 Å². The molecule has 0 radical (unpaired) electrons.